The molecule has 0 bridgehead atoms. The highest BCUT2D eigenvalue weighted by Gasteiger charge is 2.20. The lowest BCUT2D eigenvalue weighted by atomic mass is 9.86. The van der Waals surface area contributed by atoms with E-state index in [4.69, 9.17) is 4.42 Å². The average molecular weight is 229 g/mol. The van der Waals surface area contributed by atoms with Crippen molar-refractivity contribution in [2.45, 2.75) is 39.2 Å². The maximum atomic E-state index is 5.92. The Bertz CT molecular complexity index is 560. The third kappa shape index (κ3) is 1.77. The van der Waals surface area contributed by atoms with Gasteiger partial charge < -0.3 is 9.73 Å². The van der Waals surface area contributed by atoms with E-state index in [-0.39, 0.29) is 5.41 Å². The number of furan rings is 1. The van der Waals surface area contributed by atoms with E-state index in [9.17, 15) is 0 Å². The number of hydrogen-bond acceptors (Lipinski definition) is 2. The third-order valence-corrected chi connectivity index (χ3v) is 3.57. The molecule has 0 amide bonds. The zero-order chi connectivity index (χ0) is 12.0. The third-order valence-electron chi connectivity index (χ3n) is 3.57. The molecule has 1 N–H and O–H groups in total. The van der Waals surface area contributed by atoms with E-state index in [1.54, 1.807) is 0 Å². The van der Waals surface area contributed by atoms with Crippen LogP contribution in [0.5, 0.6) is 0 Å². The van der Waals surface area contributed by atoms with E-state index in [1.807, 2.05) is 0 Å². The van der Waals surface area contributed by atoms with Crippen molar-refractivity contribution in [3.63, 3.8) is 0 Å². The summed E-state index contributed by atoms with van der Waals surface area (Å²) in [5.74, 6) is 1.17. The monoisotopic (exact) mass is 229 g/mol. The first-order valence-corrected chi connectivity index (χ1v) is 6.31. The Morgan fingerprint density at radius 2 is 2.06 bits per heavy atom. The Morgan fingerprint density at radius 3 is 2.82 bits per heavy atom. The molecule has 0 aliphatic carbocycles. The largest absolute Gasteiger partial charge is 0.461 e. The van der Waals surface area contributed by atoms with Gasteiger partial charge in [-0.15, -0.1) is 0 Å². The van der Waals surface area contributed by atoms with E-state index >= 15 is 0 Å². The van der Waals surface area contributed by atoms with Crippen molar-refractivity contribution in [3.8, 4) is 0 Å². The SMILES string of the molecule is CC(C)(C)c1ccc2oc3c(c2c1)CNCC3. The molecule has 2 heteroatoms. The van der Waals surface area contributed by atoms with Crippen molar-refractivity contribution in [1.82, 2.24) is 5.32 Å². The van der Waals surface area contributed by atoms with Crippen LogP contribution in [0.2, 0.25) is 0 Å². The van der Waals surface area contributed by atoms with Gasteiger partial charge in [0.15, 0.2) is 0 Å². The first-order chi connectivity index (χ1) is 8.05. The maximum absolute atomic E-state index is 5.92. The summed E-state index contributed by atoms with van der Waals surface area (Å²) in [6, 6.07) is 6.60. The highest BCUT2D eigenvalue weighted by atomic mass is 16.3. The molecule has 0 fully saturated rings. The van der Waals surface area contributed by atoms with Gasteiger partial charge in [0.1, 0.15) is 11.3 Å². The van der Waals surface area contributed by atoms with Crippen LogP contribution in [-0.2, 0) is 18.4 Å². The van der Waals surface area contributed by atoms with Crippen LogP contribution >= 0.6 is 0 Å². The van der Waals surface area contributed by atoms with Crippen LogP contribution in [0, 0.1) is 0 Å². The van der Waals surface area contributed by atoms with Gasteiger partial charge in [-0.1, -0.05) is 26.8 Å². The maximum Gasteiger partial charge on any atom is 0.134 e. The van der Waals surface area contributed by atoms with Crippen LogP contribution in [0.15, 0.2) is 22.6 Å². The summed E-state index contributed by atoms with van der Waals surface area (Å²) in [6.07, 6.45) is 1.01. The summed E-state index contributed by atoms with van der Waals surface area (Å²) in [6.45, 7) is 8.71. The van der Waals surface area contributed by atoms with Gasteiger partial charge in [0.25, 0.3) is 0 Å². The van der Waals surface area contributed by atoms with Gasteiger partial charge in [-0.25, -0.2) is 0 Å². The summed E-state index contributed by atoms with van der Waals surface area (Å²) in [5.41, 5.74) is 3.96. The summed E-state index contributed by atoms with van der Waals surface area (Å²) in [5, 5.41) is 4.71. The van der Waals surface area contributed by atoms with Crippen LogP contribution in [0.1, 0.15) is 37.7 Å². The predicted molar refractivity (Wildman–Crippen MR) is 70.3 cm³/mol. The minimum absolute atomic E-state index is 0.195. The Kier molecular flexibility index (Phi) is 2.30. The van der Waals surface area contributed by atoms with Crippen LogP contribution in [0.4, 0.5) is 0 Å². The second-order valence-electron chi connectivity index (χ2n) is 5.89. The average Bonchev–Trinajstić information content (AvgIpc) is 2.65. The molecule has 1 aromatic carbocycles. The molecule has 2 heterocycles. The zero-order valence-electron chi connectivity index (χ0n) is 10.8. The van der Waals surface area contributed by atoms with Crippen molar-refractivity contribution < 1.29 is 4.42 Å². The van der Waals surface area contributed by atoms with Crippen molar-refractivity contribution in [2.75, 3.05) is 6.54 Å². The summed E-state index contributed by atoms with van der Waals surface area (Å²) >= 11 is 0. The standard InChI is InChI=1S/C15H19NO/c1-15(2,3)10-4-5-13-11(8-10)12-9-16-7-6-14(12)17-13/h4-5,8,16H,6-7,9H2,1-3H3. The van der Waals surface area contributed by atoms with E-state index in [0.29, 0.717) is 0 Å². The van der Waals surface area contributed by atoms with Gasteiger partial charge in [-0.3, -0.25) is 0 Å². The molecule has 0 atom stereocenters. The normalized spacial score (nSPS) is 16.2. The number of nitrogens with one attached hydrogen (secondary N) is 1. The Labute approximate surface area is 102 Å². The summed E-state index contributed by atoms with van der Waals surface area (Å²) < 4.78 is 5.92. The molecular weight excluding hydrogens is 210 g/mol. The molecule has 90 valence electrons. The van der Waals surface area contributed by atoms with E-state index in [0.717, 1.165) is 25.1 Å². The van der Waals surface area contributed by atoms with Crippen molar-refractivity contribution >= 4 is 11.0 Å². The van der Waals surface area contributed by atoms with Crippen LogP contribution in [0.3, 0.4) is 0 Å². The molecule has 0 spiro atoms. The molecule has 17 heavy (non-hydrogen) atoms. The first kappa shape index (κ1) is 10.8. The quantitative estimate of drug-likeness (QED) is 0.749. The molecule has 0 unspecified atom stereocenters. The fourth-order valence-electron chi connectivity index (χ4n) is 2.48. The highest BCUT2D eigenvalue weighted by molar-refractivity contribution is 5.83. The van der Waals surface area contributed by atoms with Crippen molar-refractivity contribution in [3.05, 3.63) is 35.1 Å². The molecule has 1 aliphatic heterocycles. The number of benzene rings is 1. The van der Waals surface area contributed by atoms with Crippen LogP contribution in [-0.4, -0.2) is 6.54 Å². The molecule has 0 saturated carbocycles. The van der Waals surface area contributed by atoms with Gasteiger partial charge in [-0.05, 0) is 23.1 Å². The summed E-state index contributed by atoms with van der Waals surface area (Å²) in [4.78, 5) is 0. The van der Waals surface area contributed by atoms with Gasteiger partial charge in [-0.2, -0.15) is 0 Å². The molecule has 1 aromatic heterocycles. The number of fused-ring (bicyclic) bond motifs is 3. The minimum Gasteiger partial charge on any atom is -0.461 e. The van der Waals surface area contributed by atoms with Gasteiger partial charge >= 0.3 is 0 Å². The molecule has 1 aliphatic rings. The number of rotatable bonds is 0. The molecular formula is C15H19NO. The topological polar surface area (TPSA) is 25.2 Å². The predicted octanol–water partition coefficient (Wildman–Crippen LogP) is 3.38. The van der Waals surface area contributed by atoms with Crippen molar-refractivity contribution in [2.24, 2.45) is 0 Å². The Balaban J connectivity index is 2.21. The second kappa shape index (κ2) is 3.61. The smallest absolute Gasteiger partial charge is 0.134 e. The van der Waals surface area contributed by atoms with Crippen LogP contribution < -0.4 is 5.32 Å². The summed E-state index contributed by atoms with van der Waals surface area (Å²) in [7, 11) is 0. The molecule has 0 saturated heterocycles. The van der Waals surface area contributed by atoms with Gasteiger partial charge in [0, 0.05) is 30.5 Å². The van der Waals surface area contributed by atoms with E-state index < -0.39 is 0 Å². The van der Waals surface area contributed by atoms with E-state index in [1.165, 1.54) is 22.3 Å². The Hall–Kier alpha value is -1.28. The minimum atomic E-state index is 0.195. The fourth-order valence-corrected chi connectivity index (χ4v) is 2.48. The lowest BCUT2D eigenvalue weighted by Crippen LogP contribution is -2.22. The molecule has 2 nitrogen and oxygen atoms in total. The van der Waals surface area contributed by atoms with E-state index in [2.05, 4.69) is 44.3 Å². The molecule has 2 aromatic rings. The number of hydrogen-bond donors (Lipinski definition) is 1. The van der Waals surface area contributed by atoms with Crippen LogP contribution in [0.25, 0.3) is 11.0 Å². The molecule has 3 rings (SSSR count). The van der Waals surface area contributed by atoms with Gasteiger partial charge in [0.2, 0.25) is 0 Å². The molecule has 0 radical (unpaired) electrons. The first-order valence-electron chi connectivity index (χ1n) is 6.31. The van der Waals surface area contributed by atoms with Crippen molar-refractivity contribution in [1.29, 1.82) is 0 Å². The lowest BCUT2D eigenvalue weighted by molar-refractivity contribution is 0.500. The second-order valence-corrected chi connectivity index (χ2v) is 5.89. The fraction of sp³-hybridized carbons (Fsp3) is 0.467. The highest BCUT2D eigenvalue weighted by Crippen LogP contribution is 2.32. The van der Waals surface area contributed by atoms with Gasteiger partial charge in [0.05, 0.1) is 0 Å². The zero-order valence-corrected chi connectivity index (χ0v) is 10.8. The lowest BCUT2D eigenvalue weighted by Gasteiger charge is -2.19. The Morgan fingerprint density at radius 1 is 1.24 bits per heavy atom.